The number of amides is 1. The van der Waals surface area contributed by atoms with E-state index in [1.165, 1.54) is 6.92 Å². The lowest BCUT2D eigenvalue weighted by Crippen LogP contribution is -2.30. The molecule has 1 N–H and O–H groups in total. The van der Waals surface area contributed by atoms with Crippen molar-refractivity contribution in [3.8, 4) is 0 Å². The summed E-state index contributed by atoms with van der Waals surface area (Å²) in [6.07, 6.45) is -1.07. The summed E-state index contributed by atoms with van der Waals surface area (Å²) < 4.78 is 10.7. The predicted octanol–water partition coefficient (Wildman–Crippen LogP) is 4.41. The molecule has 0 aliphatic rings. The van der Waals surface area contributed by atoms with Gasteiger partial charge in [-0.2, -0.15) is 0 Å². The molecule has 29 heavy (non-hydrogen) atoms. The number of anilines is 1. The van der Waals surface area contributed by atoms with Gasteiger partial charge in [-0.3, -0.25) is 9.59 Å². The Labute approximate surface area is 168 Å². The van der Waals surface area contributed by atoms with Crippen molar-refractivity contribution in [1.29, 1.82) is 0 Å². The molecule has 1 heterocycles. The third-order valence-corrected chi connectivity index (χ3v) is 4.58. The third kappa shape index (κ3) is 4.54. The molecule has 1 aromatic heterocycles. The summed E-state index contributed by atoms with van der Waals surface area (Å²) in [5.41, 5.74) is 2.51. The Balaban J connectivity index is 1.75. The van der Waals surface area contributed by atoms with Crippen molar-refractivity contribution >= 4 is 28.5 Å². The zero-order chi connectivity index (χ0) is 21.1. The normalized spacial score (nSPS) is 12.0. The first-order chi connectivity index (χ1) is 13.8. The molecule has 0 fully saturated rings. The summed E-state index contributed by atoms with van der Waals surface area (Å²) in [5, 5.41) is 3.17. The fraction of sp³-hybridized carbons (Fsp3) is 0.261. The van der Waals surface area contributed by atoms with Crippen LogP contribution in [0.5, 0.6) is 0 Å². The van der Waals surface area contributed by atoms with Crippen molar-refractivity contribution in [2.24, 2.45) is 0 Å². The van der Waals surface area contributed by atoms with Gasteiger partial charge in [0, 0.05) is 11.8 Å². The standard InChI is InChI=1S/C23H23NO5/c1-13(2)16-7-5-6-8-18(16)24-22(26)15(4)28-23(27)21-12-19(25)17-11-14(3)9-10-20(17)29-21/h5-13,15H,1-4H3,(H,24,26)/t15-/m1/s1. The van der Waals surface area contributed by atoms with Crippen molar-refractivity contribution in [2.45, 2.75) is 39.7 Å². The number of nitrogens with one attached hydrogen (secondary N) is 1. The molecule has 0 spiro atoms. The zero-order valence-electron chi connectivity index (χ0n) is 16.8. The van der Waals surface area contributed by atoms with Crippen molar-refractivity contribution in [1.82, 2.24) is 0 Å². The number of ether oxygens (including phenoxy) is 1. The van der Waals surface area contributed by atoms with Gasteiger partial charge >= 0.3 is 5.97 Å². The molecule has 0 saturated carbocycles. The molecular formula is C23H23NO5. The lowest BCUT2D eigenvalue weighted by molar-refractivity contribution is -0.123. The number of hydrogen-bond donors (Lipinski definition) is 1. The highest BCUT2D eigenvalue weighted by molar-refractivity contribution is 5.97. The highest BCUT2D eigenvalue weighted by Crippen LogP contribution is 2.24. The average molecular weight is 393 g/mol. The van der Waals surface area contributed by atoms with E-state index in [9.17, 15) is 14.4 Å². The minimum absolute atomic E-state index is 0.222. The second kappa shape index (κ2) is 8.31. The van der Waals surface area contributed by atoms with Crippen LogP contribution in [0.2, 0.25) is 0 Å². The molecule has 0 aliphatic heterocycles. The number of fused-ring (bicyclic) bond motifs is 1. The molecule has 1 amide bonds. The van der Waals surface area contributed by atoms with Crippen LogP contribution in [0.3, 0.4) is 0 Å². The van der Waals surface area contributed by atoms with Crippen LogP contribution < -0.4 is 10.7 Å². The lowest BCUT2D eigenvalue weighted by Gasteiger charge is -2.17. The van der Waals surface area contributed by atoms with Gasteiger partial charge in [0.25, 0.3) is 5.91 Å². The molecule has 0 aliphatic carbocycles. The van der Waals surface area contributed by atoms with Crippen LogP contribution in [-0.4, -0.2) is 18.0 Å². The Morgan fingerprint density at radius 3 is 2.48 bits per heavy atom. The van der Waals surface area contributed by atoms with Gasteiger partial charge in [-0.15, -0.1) is 0 Å². The van der Waals surface area contributed by atoms with E-state index in [4.69, 9.17) is 9.15 Å². The SMILES string of the molecule is Cc1ccc2oc(C(=O)O[C@H](C)C(=O)Nc3ccccc3C(C)C)cc(=O)c2c1. The van der Waals surface area contributed by atoms with Crippen LogP contribution in [-0.2, 0) is 9.53 Å². The van der Waals surface area contributed by atoms with E-state index in [1.54, 1.807) is 24.3 Å². The van der Waals surface area contributed by atoms with Crippen LogP contribution >= 0.6 is 0 Å². The van der Waals surface area contributed by atoms with Gasteiger partial charge in [0.2, 0.25) is 5.76 Å². The predicted molar refractivity (Wildman–Crippen MR) is 111 cm³/mol. The first kappa shape index (κ1) is 20.3. The Hall–Kier alpha value is -3.41. The van der Waals surface area contributed by atoms with E-state index in [0.717, 1.165) is 17.2 Å². The average Bonchev–Trinajstić information content (AvgIpc) is 2.68. The third-order valence-electron chi connectivity index (χ3n) is 4.58. The maximum absolute atomic E-state index is 12.5. The van der Waals surface area contributed by atoms with Crippen LogP contribution in [0.1, 0.15) is 48.4 Å². The van der Waals surface area contributed by atoms with Gasteiger partial charge in [-0.25, -0.2) is 4.79 Å². The maximum atomic E-state index is 12.5. The summed E-state index contributed by atoms with van der Waals surface area (Å²) in [6.45, 7) is 7.38. The number of rotatable bonds is 5. The molecular weight excluding hydrogens is 370 g/mol. The van der Waals surface area contributed by atoms with Crippen LogP contribution in [0, 0.1) is 6.92 Å². The van der Waals surface area contributed by atoms with E-state index < -0.39 is 18.0 Å². The van der Waals surface area contributed by atoms with E-state index in [2.05, 4.69) is 5.32 Å². The molecule has 3 aromatic rings. The topological polar surface area (TPSA) is 85.6 Å². The fourth-order valence-electron chi connectivity index (χ4n) is 2.99. The number of carbonyl (C=O) groups excluding carboxylic acids is 2. The van der Waals surface area contributed by atoms with E-state index >= 15 is 0 Å². The Morgan fingerprint density at radius 2 is 1.76 bits per heavy atom. The number of benzene rings is 2. The Morgan fingerprint density at radius 1 is 1.03 bits per heavy atom. The number of hydrogen-bond acceptors (Lipinski definition) is 5. The highest BCUT2D eigenvalue weighted by Gasteiger charge is 2.22. The first-order valence-corrected chi connectivity index (χ1v) is 9.41. The van der Waals surface area contributed by atoms with Gasteiger partial charge < -0.3 is 14.5 Å². The summed E-state index contributed by atoms with van der Waals surface area (Å²) in [7, 11) is 0. The number of carbonyl (C=O) groups is 2. The van der Waals surface area contributed by atoms with Crippen molar-refractivity contribution in [3.05, 3.63) is 75.6 Å². The molecule has 0 bridgehead atoms. The maximum Gasteiger partial charge on any atom is 0.375 e. The minimum atomic E-state index is -1.07. The smallest absolute Gasteiger partial charge is 0.375 e. The second-order valence-corrected chi connectivity index (χ2v) is 7.25. The molecule has 1 atom stereocenters. The van der Waals surface area contributed by atoms with Crippen LogP contribution in [0.4, 0.5) is 5.69 Å². The monoisotopic (exact) mass is 393 g/mol. The molecule has 6 nitrogen and oxygen atoms in total. The largest absolute Gasteiger partial charge is 0.449 e. The van der Waals surface area contributed by atoms with Crippen molar-refractivity contribution in [3.63, 3.8) is 0 Å². The van der Waals surface area contributed by atoms with Crippen LogP contribution in [0.25, 0.3) is 11.0 Å². The van der Waals surface area contributed by atoms with Gasteiger partial charge in [-0.1, -0.05) is 43.7 Å². The van der Waals surface area contributed by atoms with Crippen molar-refractivity contribution < 1.29 is 18.7 Å². The quantitative estimate of drug-likeness (QED) is 0.649. The van der Waals surface area contributed by atoms with Crippen molar-refractivity contribution in [2.75, 3.05) is 5.32 Å². The molecule has 0 saturated heterocycles. The van der Waals surface area contributed by atoms with E-state index in [1.807, 2.05) is 39.0 Å². The summed E-state index contributed by atoms with van der Waals surface area (Å²) in [5.74, 6) is -1.36. The van der Waals surface area contributed by atoms with Gasteiger partial charge in [0.05, 0.1) is 5.39 Å². The Bertz CT molecular complexity index is 1130. The summed E-state index contributed by atoms with van der Waals surface area (Å²) in [6, 6.07) is 13.6. The molecule has 3 rings (SSSR count). The van der Waals surface area contributed by atoms with Gasteiger partial charge in [0.15, 0.2) is 11.5 Å². The van der Waals surface area contributed by atoms with Gasteiger partial charge in [0.1, 0.15) is 5.58 Å². The molecule has 0 unspecified atom stereocenters. The summed E-state index contributed by atoms with van der Waals surface area (Å²) in [4.78, 5) is 37.2. The highest BCUT2D eigenvalue weighted by atomic mass is 16.6. The first-order valence-electron chi connectivity index (χ1n) is 9.41. The van der Waals surface area contributed by atoms with E-state index in [0.29, 0.717) is 11.1 Å². The lowest BCUT2D eigenvalue weighted by atomic mass is 10.0. The molecule has 150 valence electrons. The Kier molecular flexibility index (Phi) is 5.82. The van der Waals surface area contributed by atoms with Crippen LogP contribution in [0.15, 0.2) is 57.7 Å². The zero-order valence-corrected chi connectivity index (χ0v) is 16.8. The summed E-state index contributed by atoms with van der Waals surface area (Å²) >= 11 is 0. The number of aryl methyl sites for hydroxylation is 1. The minimum Gasteiger partial charge on any atom is -0.449 e. The molecule has 6 heteroatoms. The fourth-order valence-corrected chi connectivity index (χ4v) is 2.99. The van der Waals surface area contributed by atoms with E-state index in [-0.39, 0.29) is 22.7 Å². The molecule has 0 radical (unpaired) electrons. The molecule has 2 aromatic carbocycles. The number of esters is 1. The van der Waals surface area contributed by atoms with Gasteiger partial charge in [-0.05, 0) is 43.5 Å². The number of para-hydroxylation sites is 1. The second-order valence-electron chi connectivity index (χ2n) is 7.25.